The number of nitrogens with zero attached hydrogens (tertiary/aromatic N) is 2. The fourth-order valence-electron chi connectivity index (χ4n) is 3.27. The number of nitrogens with one attached hydrogen (secondary N) is 1. The molecule has 0 aliphatic carbocycles. The zero-order chi connectivity index (χ0) is 19.5. The van der Waals surface area contributed by atoms with Crippen molar-refractivity contribution in [1.82, 2.24) is 9.55 Å². The Morgan fingerprint density at radius 1 is 0.964 bits per heavy atom. The first-order valence-electron chi connectivity index (χ1n) is 9.17. The lowest BCUT2D eigenvalue weighted by molar-refractivity contribution is 0.102. The minimum absolute atomic E-state index is 0.0356. The maximum Gasteiger partial charge on any atom is 0.258 e. The number of anilines is 1. The van der Waals surface area contributed by atoms with Gasteiger partial charge in [0.1, 0.15) is 11.6 Å². The van der Waals surface area contributed by atoms with Crippen molar-refractivity contribution in [1.29, 1.82) is 0 Å². The molecule has 4 aromatic rings. The van der Waals surface area contributed by atoms with Gasteiger partial charge in [-0.05, 0) is 48.4 Å². The summed E-state index contributed by atoms with van der Waals surface area (Å²) in [6.07, 6.45) is 1.67. The number of hydrogen-bond donors (Lipinski definition) is 1. The standard InChI is InChI=1S/C23H20FN3O/c1-27-21-9-5-4-8-20(21)26-22(27)15-12-16-10-13-17(14-11-16)25-23(28)18-6-2-3-7-19(18)24/h2-11,13-14H,12,15H2,1H3,(H,25,28). The Bertz CT molecular complexity index is 1130. The van der Waals surface area contributed by atoms with E-state index in [0.29, 0.717) is 5.69 Å². The van der Waals surface area contributed by atoms with Gasteiger partial charge in [-0.15, -0.1) is 0 Å². The number of carbonyl (C=O) groups excluding carboxylic acids is 1. The molecule has 0 aliphatic heterocycles. The summed E-state index contributed by atoms with van der Waals surface area (Å²) in [7, 11) is 2.03. The molecule has 0 unspecified atom stereocenters. The zero-order valence-corrected chi connectivity index (χ0v) is 15.5. The SMILES string of the molecule is Cn1c(CCc2ccc(NC(=O)c3ccccc3F)cc2)nc2ccccc21. The fourth-order valence-corrected chi connectivity index (χ4v) is 3.27. The van der Waals surface area contributed by atoms with Crippen LogP contribution in [0.25, 0.3) is 11.0 Å². The summed E-state index contributed by atoms with van der Waals surface area (Å²) in [5.41, 5.74) is 3.96. The summed E-state index contributed by atoms with van der Waals surface area (Å²) < 4.78 is 15.8. The molecule has 140 valence electrons. The first-order valence-corrected chi connectivity index (χ1v) is 9.17. The van der Waals surface area contributed by atoms with Crippen molar-refractivity contribution in [3.8, 4) is 0 Å². The number of aryl methyl sites for hydroxylation is 3. The highest BCUT2D eigenvalue weighted by Crippen LogP contribution is 2.17. The van der Waals surface area contributed by atoms with Crippen LogP contribution >= 0.6 is 0 Å². The highest BCUT2D eigenvalue weighted by molar-refractivity contribution is 6.04. The fraction of sp³-hybridized carbons (Fsp3) is 0.130. The predicted octanol–water partition coefficient (Wildman–Crippen LogP) is 4.75. The second-order valence-electron chi connectivity index (χ2n) is 6.71. The van der Waals surface area contributed by atoms with E-state index in [1.165, 1.54) is 12.1 Å². The van der Waals surface area contributed by atoms with Crippen molar-refractivity contribution in [3.63, 3.8) is 0 Å². The monoisotopic (exact) mass is 373 g/mol. The zero-order valence-electron chi connectivity index (χ0n) is 15.5. The Morgan fingerprint density at radius 2 is 1.68 bits per heavy atom. The molecule has 0 radical (unpaired) electrons. The maximum atomic E-state index is 13.7. The Hall–Kier alpha value is -3.47. The van der Waals surface area contributed by atoms with E-state index in [4.69, 9.17) is 4.98 Å². The third-order valence-electron chi connectivity index (χ3n) is 4.85. The molecule has 3 aromatic carbocycles. The number of carbonyl (C=O) groups is 1. The number of hydrogen-bond acceptors (Lipinski definition) is 2. The van der Waals surface area contributed by atoms with E-state index in [0.717, 1.165) is 35.3 Å². The van der Waals surface area contributed by atoms with Gasteiger partial charge < -0.3 is 9.88 Å². The van der Waals surface area contributed by atoms with Crippen molar-refractivity contribution in [3.05, 3.63) is 95.6 Å². The van der Waals surface area contributed by atoms with Crippen LogP contribution < -0.4 is 5.32 Å². The van der Waals surface area contributed by atoms with Crippen LogP contribution in [0.4, 0.5) is 10.1 Å². The van der Waals surface area contributed by atoms with E-state index in [-0.39, 0.29) is 5.56 Å². The number of amides is 1. The van der Waals surface area contributed by atoms with Crippen molar-refractivity contribution in [2.75, 3.05) is 5.32 Å². The van der Waals surface area contributed by atoms with Crippen LogP contribution in [0.3, 0.4) is 0 Å². The molecule has 1 aromatic heterocycles. The van der Waals surface area contributed by atoms with Gasteiger partial charge in [0.15, 0.2) is 0 Å². The van der Waals surface area contributed by atoms with Crippen LogP contribution in [0, 0.1) is 5.82 Å². The van der Waals surface area contributed by atoms with Gasteiger partial charge in [0, 0.05) is 19.2 Å². The molecular formula is C23H20FN3O. The van der Waals surface area contributed by atoms with Crippen LogP contribution in [0.2, 0.25) is 0 Å². The Balaban J connectivity index is 1.41. The molecule has 1 N–H and O–H groups in total. The lowest BCUT2D eigenvalue weighted by Crippen LogP contribution is -2.13. The van der Waals surface area contributed by atoms with Crippen LogP contribution in [-0.2, 0) is 19.9 Å². The molecule has 0 saturated carbocycles. The molecule has 0 aliphatic rings. The van der Waals surface area contributed by atoms with Gasteiger partial charge in [-0.1, -0.05) is 36.4 Å². The number of fused-ring (bicyclic) bond motifs is 1. The third-order valence-corrected chi connectivity index (χ3v) is 4.85. The number of rotatable bonds is 5. The quantitative estimate of drug-likeness (QED) is 0.549. The Labute approximate surface area is 162 Å². The van der Waals surface area contributed by atoms with Gasteiger partial charge in [-0.2, -0.15) is 0 Å². The third kappa shape index (κ3) is 3.64. The molecule has 5 heteroatoms. The van der Waals surface area contributed by atoms with Crippen LogP contribution in [0.15, 0.2) is 72.8 Å². The first kappa shape index (κ1) is 17.9. The molecule has 4 rings (SSSR count). The molecule has 28 heavy (non-hydrogen) atoms. The summed E-state index contributed by atoms with van der Waals surface area (Å²) in [6, 6.07) is 21.7. The molecule has 0 bridgehead atoms. The topological polar surface area (TPSA) is 46.9 Å². The van der Waals surface area contributed by atoms with Gasteiger partial charge in [0.05, 0.1) is 16.6 Å². The number of halogens is 1. The van der Waals surface area contributed by atoms with E-state index in [2.05, 4.69) is 16.0 Å². The van der Waals surface area contributed by atoms with Crippen LogP contribution in [0.1, 0.15) is 21.7 Å². The summed E-state index contributed by atoms with van der Waals surface area (Å²) >= 11 is 0. The van der Waals surface area contributed by atoms with E-state index >= 15 is 0 Å². The lowest BCUT2D eigenvalue weighted by Gasteiger charge is -2.08. The smallest absolute Gasteiger partial charge is 0.258 e. The van der Waals surface area contributed by atoms with Gasteiger partial charge in [0.25, 0.3) is 5.91 Å². The number of aromatic nitrogens is 2. The molecule has 0 fully saturated rings. The summed E-state index contributed by atoms with van der Waals surface area (Å²) in [4.78, 5) is 16.9. The van der Waals surface area contributed by atoms with E-state index in [1.54, 1.807) is 12.1 Å². The molecule has 0 spiro atoms. The normalized spacial score (nSPS) is 10.9. The average Bonchev–Trinajstić information content (AvgIpc) is 3.04. The van der Waals surface area contributed by atoms with Crippen LogP contribution in [0.5, 0.6) is 0 Å². The van der Waals surface area contributed by atoms with E-state index < -0.39 is 11.7 Å². The van der Waals surface area contributed by atoms with Crippen molar-refractivity contribution >= 4 is 22.6 Å². The molecule has 0 atom stereocenters. The molecule has 4 nitrogen and oxygen atoms in total. The van der Waals surface area contributed by atoms with Crippen molar-refractivity contribution in [2.45, 2.75) is 12.8 Å². The van der Waals surface area contributed by atoms with E-state index in [1.807, 2.05) is 49.5 Å². The Morgan fingerprint density at radius 3 is 2.43 bits per heavy atom. The molecule has 1 amide bonds. The van der Waals surface area contributed by atoms with Gasteiger partial charge in [0.2, 0.25) is 0 Å². The maximum absolute atomic E-state index is 13.7. The summed E-state index contributed by atoms with van der Waals surface area (Å²) in [5, 5.41) is 2.73. The number of imidazole rings is 1. The molecular weight excluding hydrogens is 353 g/mol. The summed E-state index contributed by atoms with van der Waals surface area (Å²) in [5.74, 6) is 0.0581. The second-order valence-corrected chi connectivity index (χ2v) is 6.71. The molecule has 1 heterocycles. The lowest BCUT2D eigenvalue weighted by atomic mass is 10.1. The minimum Gasteiger partial charge on any atom is -0.331 e. The van der Waals surface area contributed by atoms with Crippen LogP contribution in [-0.4, -0.2) is 15.5 Å². The van der Waals surface area contributed by atoms with E-state index in [9.17, 15) is 9.18 Å². The van der Waals surface area contributed by atoms with Gasteiger partial charge in [-0.25, -0.2) is 9.37 Å². The van der Waals surface area contributed by atoms with Crippen molar-refractivity contribution < 1.29 is 9.18 Å². The second kappa shape index (κ2) is 7.64. The van der Waals surface area contributed by atoms with Gasteiger partial charge in [-0.3, -0.25) is 4.79 Å². The summed E-state index contributed by atoms with van der Waals surface area (Å²) in [6.45, 7) is 0. The predicted molar refractivity (Wildman–Crippen MR) is 109 cm³/mol. The number of benzene rings is 3. The Kier molecular flexibility index (Phi) is 4.89. The average molecular weight is 373 g/mol. The first-order chi connectivity index (χ1) is 13.6. The van der Waals surface area contributed by atoms with Crippen molar-refractivity contribution in [2.24, 2.45) is 7.05 Å². The highest BCUT2D eigenvalue weighted by Gasteiger charge is 2.11. The minimum atomic E-state index is -0.529. The highest BCUT2D eigenvalue weighted by atomic mass is 19.1. The largest absolute Gasteiger partial charge is 0.331 e. The molecule has 0 saturated heterocycles. The van der Waals surface area contributed by atoms with Gasteiger partial charge >= 0.3 is 0 Å². The number of para-hydroxylation sites is 2.